The average Bonchev–Trinajstić information content (AvgIpc) is 2.25. The monoisotopic (exact) mass is 271 g/mol. The molecule has 1 aromatic rings. The number of primary sulfonamides is 1. The molecule has 0 radical (unpaired) electrons. The van der Waals surface area contributed by atoms with Gasteiger partial charge in [0.1, 0.15) is 0 Å². The van der Waals surface area contributed by atoms with E-state index in [0.29, 0.717) is 12.5 Å². The quantitative estimate of drug-likeness (QED) is 0.722. The van der Waals surface area contributed by atoms with Crippen LogP contribution in [0.4, 0.5) is 5.69 Å². The number of rotatable bonds is 6. The Morgan fingerprint density at radius 2 is 1.78 bits per heavy atom. The molecule has 18 heavy (non-hydrogen) atoms. The zero-order valence-corrected chi connectivity index (χ0v) is 11.6. The van der Waals surface area contributed by atoms with Crippen molar-refractivity contribution < 1.29 is 8.42 Å². The summed E-state index contributed by atoms with van der Waals surface area (Å²) in [5.41, 5.74) is 6.78. The van der Waals surface area contributed by atoms with Gasteiger partial charge in [-0.1, -0.05) is 13.8 Å². The Morgan fingerprint density at radius 3 is 2.22 bits per heavy atom. The molecule has 0 aliphatic heterocycles. The number of sulfonamides is 1. The van der Waals surface area contributed by atoms with Crippen LogP contribution in [0.2, 0.25) is 0 Å². The van der Waals surface area contributed by atoms with Crippen LogP contribution in [0.5, 0.6) is 0 Å². The average molecular weight is 271 g/mol. The summed E-state index contributed by atoms with van der Waals surface area (Å²) in [6.07, 6.45) is 0.947. The molecule has 0 aliphatic carbocycles. The zero-order chi connectivity index (χ0) is 13.8. The summed E-state index contributed by atoms with van der Waals surface area (Å²) in [6, 6.07) is 6.41. The normalized spacial score (nSPS) is 13.6. The number of nitrogens with one attached hydrogen (secondary N) is 1. The van der Waals surface area contributed by atoms with E-state index < -0.39 is 10.0 Å². The molecule has 102 valence electrons. The maximum Gasteiger partial charge on any atom is 0.238 e. The van der Waals surface area contributed by atoms with Gasteiger partial charge in [-0.25, -0.2) is 13.6 Å². The van der Waals surface area contributed by atoms with Gasteiger partial charge in [0.05, 0.1) is 4.90 Å². The van der Waals surface area contributed by atoms with E-state index in [1.54, 1.807) is 12.1 Å². The first-order valence-electron chi connectivity index (χ1n) is 5.91. The maximum atomic E-state index is 11.1. The molecule has 5 nitrogen and oxygen atoms in total. The molecule has 0 saturated heterocycles. The topological polar surface area (TPSA) is 98.2 Å². The largest absolute Gasteiger partial charge is 0.383 e. The van der Waals surface area contributed by atoms with Gasteiger partial charge in [0.25, 0.3) is 0 Å². The number of hydrogen-bond donors (Lipinski definition) is 3. The molecule has 0 bridgehead atoms. The van der Waals surface area contributed by atoms with Crippen molar-refractivity contribution in [1.29, 1.82) is 0 Å². The second kappa shape index (κ2) is 6.17. The zero-order valence-electron chi connectivity index (χ0n) is 10.8. The van der Waals surface area contributed by atoms with Crippen LogP contribution in [0, 0.1) is 5.92 Å². The summed E-state index contributed by atoms with van der Waals surface area (Å²) in [7, 11) is -3.62. The SMILES string of the molecule is CC(C)CC(N)CNc1ccc(S(N)(=O)=O)cc1. The lowest BCUT2D eigenvalue weighted by Crippen LogP contribution is -2.30. The lowest BCUT2D eigenvalue weighted by molar-refractivity contribution is 0.508. The summed E-state index contributed by atoms with van der Waals surface area (Å²) in [5.74, 6) is 0.562. The summed E-state index contributed by atoms with van der Waals surface area (Å²) < 4.78 is 22.1. The number of nitrogens with two attached hydrogens (primary N) is 2. The van der Waals surface area contributed by atoms with Crippen molar-refractivity contribution in [2.45, 2.75) is 31.2 Å². The first-order valence-corrected chi connectivity index (χ1v) is 7.46. The molecular weight excluding hydrogens is 250 g/mol. The first kappa shape index (κ1) is 14.9. The second-order valence-corrected chi connectivity index (χ2v) is 6.40. The molecule has 1 aromatic carbocycles. The minimum absolute atomic E-state index is 0.0860. The molecule has 0 aliphatic rings. The van der Waals surface area contributed by atoms with E-state index in [2.05, 4.69) is 19.2 Å². The van der Waals surface area contributed by atoms with Gasteiger partial charge in [-0.2, -0.15) is 0 Å². The van der Waals surface area contributed by atoms with Crippen molar-refractivity contribution in [3.63, 3.8) is 0 Å². The molecule has 6 heteroatoms. The van der Waals surface area contributed by atoms with Gasteiger partial charge in [-0.15, -0.1) is 0 Å². The third-order valence-corrected chi connectivity index (χ3v) is 3.45. The molecule has 0 spiro atoms. The van der Waals surface area contributed by atoms with Crippen molar-refractivity contribution >= 4 is 15.7 Å². The van der Waals surface area contributed by atoms with Crippen molar-refractivity contribution in [2.75, 3.05) is 11.9 Å². The van der Waals surface area contributed by atoms with E-state index in [9.17, 15) is 8.42 Å². The second-order valence-electron chi connectivity index (χ2n) is 4.84. The predicted octanol–water partition coefficient (Wildman–Crippen LogP) is 1.12. The highest BCUT2D eigenvalue weighted by Gasteiger charge is 2.08. The highest BCUT2D eigenvalue weighted by atomic mass is 32.2. The van der Waals surface area contributed by atoms with E-state index in [-0.39, 0.29) is 10.9 Å². The van der Waals surface area contributed by atoms with E-state index in [4.69, 9.17) is 10.9 Å². The third kappa shape index (κ3) is 5.03. The van der Waals surface area contributed by atoms with E-state index in [0.717, 1.165) is 12.1 Å². The molecule has 0 aromatic heterocycles. The highest BCUT2D eigenvalue weighted by Crippen LogP contribution is 2.13. The van der Waals surface area contributed by atoms with Crippen LogP contribution in [0.15, 0.2) is 29.2 Å². The Balaban J connectivity index is 2.55. The molecule has 0 heterocycles. The number of anilines is 1. The fourth-order valence-corrected chi connectivity index (χ4v) is 2.22. The smallest absolute Gasteiger partial charge is 0.238 e. The van der Waals surface area contributed by atoms with Gasteiger partial charge in [-0.05, 0) is 36.6 Å². The summed E-state index contributed by atoms with van der Waals surface area (Å²) in [6.45, 7) is 4.91. The van der Waals surface area contributed by atoms with Crippen LogP contribution >= 0.6 is 0 Å². The van der Waals surface area contributed by atoms with Gasteiger partial charge in [-0.3, -0.25) is 0 Å². The third-order valence-electron chi connectivity index (χ3n) is 2.53. The van der Waals surface area contributed by atoms with Crippen LogP contribution in [0.25, 0.3) is 0 Å². The summed E-state index contributed by atoms with van der Waals surface area (Å²) in [5, 5.41) is 8.18. The Kier molecular flexibility index (Phi) is 5.13. The molecule has 1 unspecified atom stereocenters. The Morgan fingerprint density at radius 1 is 1.22 bits per heavy atom. The molecular formula is C12H21N3O2S. The van der Waals surface area contributed by atoms with Crippen molar-refractivity contribution in [3.8, 4) is 0 Å². The molecule has 0 fully saturated rings. The highest BCUT2D eigenvalue weighted by molar-refractivity contribution is 7.89. The Labute approximate surface area is 109 Å². The molecule has 1 rings (SSSR count). The van der Waals surface area contributed by atoms with E-state index in [1.807, 2.05) is 0 Å². The van der Waals surface area contributed by atoms with Crippen molar-refractivity contribution in [2.24, 2.45) is 16.8 Å². The van der Waals surface area contributed by atoms with E-state index in [1.165, 1.54) is 12.1 Å². The molecule has 0 saturated carbocycles. The van der Waals surface area contributed by atoms with Crippen molar-refractivity contribution in [3.05, 3.63) is 24.3 Å². The lowest BCUT2D eigenvalue weighted by atomic mass is 10.0. The number of benzene rings is 1. The minimum Gasteiger partial charge on any atom is -0.383 e. The van der Waals surface area contributed by atoms with Gasteiger partial charge in [0.2, 0.25) is 10.0 Å². The van der Waals surface area contributed by atoms with Gasteiger partial charge < -0.3 is 11.1 Å². The van der Waals surface area contributed by atoms with Crippen LogP contribution < -0.4 is 16.2 Å². The minimum atomic E-state index is -3.62. The summed E-state index contributed by atoms with van der Waals surface area (Å²) in [4.78, 5) is 0.111. The predicted molar refractivity (Wildman–Crippen MR) is 73.7 cm³/mol. The van der Waals surface area contributed by atoms with Gasteiger partial charge in [0.15, 0.2) is 0 Å². The maximum absolute atomic E-state index is 11.1. The Hall–Kier alpha value is -1.11. The van der Waals surface area contributed by atoms with Crippen LogP contribution in [-0.4, -0.2) is 21.0 Å². The Bertz CT molecular complexity index is 469. The molecule has 5 N–H and O–H groups in total. The molecule has 1 atom stereocenters. The van der Waals surface area contributed by atoms with Crippen LogP contribution in [0.3, 0.4) is 0 Å². The fourth-order valence-electron chi connectivity index (χ4n) is 1.70. The van der Waals surface area contributed by atoms with Gasteiger partial charge in [0, 0.05) is 18.3 Å². The fraction of sp³-hybridized carbons (Fsp3) is 0.500. The standard InChI is InChI=1S/C12H21N3O2S/c1-9(2)7-10(13)8-15-11-3-5-12(6-4-11)18(14,16)17/h3-6,9-10,15H,7-8,13H2,1-2H3,(H2,14,16,17). The van der Waals surface area contributed by atoms with Crippen LogP contribution in [0.1, 0.15) is 20.3 Å². The molecule has 0 amide bonds. The first-order chi connectivity index (χ1) is 8.29. The van der Waals surface area contributed by atoms with E-state index >= 15 is 0 Å². The lowest BCUT2D eigenvalue weighted by Gasteiger charge is -2.15. The number of hydrogen-bond acceptors (Lipinski definition) is 4. The van der Waals surface area contributed by atoms with Gasteiger partial charge >= 0.3 is 0 Å². The van der Waals surface area contributed by atoms with Crippen LogP contribution in [-0.2, 0) is 10.0 Å². The van der Waals surface area contributed by atoms with Crippen molar-refractivity contribution in [1.82, 2.24) is 0 Å². The summed E-state index contributed by atoms with van der Waals surface area (Å²) >= 11 is 0.